The molecule has 12 rings (SSSR count). The lowest BCUT2D eigenvalue weighted by Crippen LogP contribution is -2.10. The molecule has 0 radical (unpaired) electrons. The second kappa shape index (κ2) is 44.8. The number of hydrogen-bond acceptors (Lipinski definition) is 19. The Labute approximate surface area is 719 Å². The van der Waals surface area contributed by atoms with E-state index in [1.165, 1.54) is 43.2 Å². The lowest BCUT2D eigenvalue weighted by atomic mass is 9.88. The van der Waals surface area contributed by atoms with Crippen LogP contribution in [0.4, 0.5) is 24.5 Å². The fraction of sp³-hybridized carbons (Fsp3) is 0.216. The highest BCUT2D eigenvalue weighted by Crippen LogP contribution is 2.43. The molecule has 0 amide bonds. The number of nitrogen functional groups attached to an aromatic ring is 2. The van der Waals surface area contributed by atoms with Crippen molar-refractivity contribution in [2.45, 2.75) is 108 Å². The van der Waals surface area contributed by atoms with Crippen LogP contribution >= 0.6 is 0 Å². The molecule has 11 aromatic rings. The maximum Gasteiger partial charge on any atom is 0.389 e. The third kappa shape index (κ3) is 29.2. The first kappa shape index (κ1) is 95.1. The summed E-state index contributed by atoms with van der Waals surface area (Å²) in [4.78, 5) is 93.9. The van der Waals surface area contributed by atoms with Crippen molar-refractivity contribution in [3.8, 4) is 57.1 Å². The maximum absolute atomic E-state index is 12.4. The van der Waals surface area contributed by atoms with Crippen molar-refractivity contribution in [3.63, 3.8) is 0 Å². The fourth-order valence-electron chi connectivity index (χ4n) is 12.8. The molecule has 4 N–H and O–H groups in total. The summed E-state index contributed by atoms with van der Waals surface area (Å²) < 4.78 is 83.7. The van der Waals surface area contributed by atoms with E-state index >= 15 is 0 Å². The van der Waals surface area contributed by atoms with Gasteiger partial charge < -0.3 is 54.1 Å². The van der Waals surface area contributed by atoms with Crippen LogP contribution in [0.1, 0.15) is 116 Å². The van der Waals surface area contributed by atoms with Crippen LogP contribution in [0.5, 0.6) is 46.0 Å². The molecule has 0 aromatic heterocycles. The number of anilines is 2. The summed E-state index contributed by atoms with van der Waals surface area (Å²) >= 11 is 0. The van der Waals surface area contributed by atoms with Crippen molar-refractivity contribution in [1.29, 1.82) is 0 Å². The summed E-state index contributed by atoms with van der Waals surface area (Å²) in [5.41, 5.74) is 18.4. The molecule has 0 spiro atoms. The second-order valence-electron chi connectivity index (χ2n) is 30.2. The minimum absolute atomic E-state index is 0.0828. The van der Waals surface area contributed by atoms with Crippen molar-refractivity contribution in [2.24, 2.45) is 23.7 Å². The molecular formula is C102H101F3N2O17. The average Bonchev–Trinajstić information content (AvgIpc) is 0.934. The molecule has 11 aromatic carbocycles. The van der Waals surface area contributed by atoms with Crippen molar-refractivity contribution in [1.82, 2.24) is 0 Å². The van der Waals surface area contributed by atoms with Gasteiger partial charge in [0.2, 0.25) is 0 Å². The normalized spacial score (nSPS) is 13.7. The minimum Gasteiger partial charge on any atom is -0.494 e. The molecule has 4 atom stereocenters. The quantitative estimate of drug-likeness (QED) is 0.0102. The molecule has 0 saturated heterocycles. The first-order valence-electron chi connectivity index (χ1n) is 39.8. The lowest BCUT2D eigenvalue weighted by molar-refractivity contribution is -0.138. The smallest absolute Gasteiger partial charge is 0.389 e. The van der Waals surface area contributed by atoms with Gasteiger partial charge in [0.05, 0.1) is 18.8 Å². The van der Waals surface area contributed by atoms with Crippen LogP contribution in [0.3, 0.4) is 0 Å². The molecule has 1 aliphatic rings. The third-order valence-corrected chi connectivity index (χ3v) is 19.7. The SMILES string of the molecule is C=C(C)C(=O)Oc1ccc(-c2ccc(OC(=O)C(=C)C)cc2)cc1.C=C(C)C(=O)Oc1ccc2c(ccc3cc(OC(=O)C(=C)C)ccc32)c1.C=C(C)C(=O)Oc1ccc2cc3cc(OC(=O)C(=C)C)ccc3cc2c1.CCC1C(C)CC(C)C1C.Nc1ccc(CCOC(=O)/C=C/c2ccc(OC(=O)c3ccc(OCCCC(F)(F)F)cc3)cc2)c(N)c1. The fourth-order valence-corrected chi connectivity index (χ4v) is 12.8. The van der Waals surface area contributed by atoms with Gasteiger partial charge in [0, 0.05) is 63.7 Å². The average molecular weight is 1680 g/mol. The van der Waals surface area contributed by atoms with Crippen LogP contribution in [0.15, 0.2) is 291 Å². The standard InChI is InChI=1S/C28H27F3N2O5.2C22H18O4.C20H18O4.C10H20/c29-28(30,31)15-1-16-36-23-11-6-21(7-12-23)27(35)38-24-9-2-19(3-10-24)4-13-26(34)37-17-14-20-5-8-22(32)18-25(20)33;1-13(2)21(23)25-19-7-5-15-10-18-12-20(26-22(24)14(3)4)8-6-16(18)9-17(15)11-19;1-13(2)21(23)25-17-7-9-19-15(11-17)5-6-16-12-18(8-10-20(16)19)26-22(24)14(3)4;1-13(2)19(21)23-17-9-5-15(6-10-17)16-7-11-18(12-8-16)24-20(22)14(3)4;1-5-10-8(3)6-7(2)9(10)4/h2-13,18H,1,14-17,32-33H2;2*5-12H,1,3H2,2,4H3;5-12H,1,3H2,2,4H3;7-10H,5-6H2,1-4H3/b13-4+;;;;. The molecule has 0 aliphatic heterocycles. The van der Waals surface area contributed by atoms with Gasteiger partial charge in [0.1, 0.15) is 46.0 Å². The number of alkyl halides is 3. The maximum atomic E-state index is 12.4. The molecule has 124 heavy (non-hydrogen) atoms. The largest absolute Gasteiger partial charge is 0.494 e. The number of rotatable bonds is 25. The molecular weight excluding hydrogens is 1580 g/mol. The van der Waals surface area contributed by atoms with Crippen LogP contribution in [-0.2, 0) is 44.7 Å². The van der Waals surface area contributed by atoms with Crippen LogP contribution in [0.25, 0.3) is 60.3 Å². The van der Waals surface area contributed by atoms with Crippen molar-refractivity contribution in [2.75, 3.05) is 24.7 Å². The van der Waals surface area contributed by atoms with Crippen molar-refractivity contribution < 1.29 is 94.2 Å². The predicted molar refractivity (Wildman–Crippen MR) is 481 cm³/mol. The summed E-state index contributed by atoms with van der Waals surface area (Å²) in [7, 11) is 0. The van der Waals surface area contributed by atoms with Crippen LogP contribution in [-0.4, -0.2) is 67.1 Å². The van der Waals surface area contributed by atoms with Gasteiger partial charge in [-0.15, -0.1) is 0 Å². The number of nitrogens with two attached hydrogens (primary N) is 2. The van der Waals surface area contributed by atoms with Gasteiger partial charge in [-0.2, -0.15) is 13.2 Å². The summed E-state index contributed by atoms with van der Waals surface area (Å²) in [6.07, 6.45) is 0.873. The molecule has 0 heterocycles. The number of carbonyl (C=O) groups is 8. The Morgan fingerprint density at radius 3 is 1.16 bits per heavy atom. The summed E-state index contributed by atoms with van der Waals surface area (Å²) in [6, 6.07) is 61.4. The highest BCUT2D eigenvalue weighted by atomic mass is 19.4. The molecule has 0 bridgehead atoms. The van der Waals surface area contributed by atoms with Crippen molar-refractivity contribution >= 4 is 108 Å². The van der Waals surface area contributed by atoms with Gasteiger partial charge in [-0.25, -0.2) is 38.4 Å². The summed E-state index contributed by atoms with van der Waals surface area (Å²) in [5.74, 6) is 3.55. The van der Waals surface area contributed by atoms with Gasteiger partial charge in [-0.05, 0) is 283 Å². The molecule has 1 aliphatic carbocycles. The van der Waals surface area contributed by atoms with E-state index in [-0.39, 0.29) is 25.2 Å². The number of ether oxygens (including phenoxy) is 9. The van der Waals surface area contributed by atoms with E-state index < -0.39 is 60.4 Å². The highest BCUT2D eigenvalue weighted by Gasteiger charge is 2.34. The van der Waals surface area contributed by atoms with E-state index in [1.54, 1.807) is 139 Å². The zero-order valence-electron chi connectivity index (χ0n) is 71.1. The van der Waals surface area contributed by atoms with Gasteiger partial charge in [0.15, 0.2) is 0 Å². The molecule has 22 heteroatoms. The molecule has 1 saturated carbocycles. The first-order valence-corrected chi connectivity index (χ1v) is 39.8. The first-order chi connectivity index (χ1) is 58.8. The lowest BCUT2D eigenvalue weighted by Gasteiger charge is -2.18. The molecule has 1 fully saturated rings. The van der Waals surface area contributed by atoms with Crippen LogP contribution in [0, 0.1) is 23.7 Å². The number of carbonyl (C=O) groups excluding carboxylic acids is 8. The number of halogens is 3. The van der Waals surface area contributed by atoms with E-state index in [4.69, 9.17) is 54.1 Å². The topological polar surface area (TPSA) is 272 Å². The Bertz CT molecular complexity index is 5530. The zero-order valence-corrected chi connectivity index (χ0v) is 71.1. The van der Waals surface area contributed by atoms with Gasteiger partial charge in [0.25, 0.3) is 0 Å². The summed E-state index contributed by atoms with van der Waals surface area (Å²) in [5, 5.41) is 7.75. The number of benzene rings is 11. The Morgan fingerprint density at radius 2 is 0.782 bits per heavy atom. The van der Waals surface area contributed by atoms with E-state index in [0.29, 0.717) is 103 Å². The van der Waals surface area contributed by atoms with Gasteiger partial charge in [-0.3, -0.25) is 0 Å². The Kier molecular flexibility index (Phi) is 34.3. The van der Waals surface area contributed by atoms with Gasteiger partial charge >= 0.3 is 53.9 Å². The predicted octanol–water partition coefficient (Wildman–Crippen LogP) is 23.1. The number of hydrogen-bond donors (Lipinski definition) is 2. The zero-order chi connectivity index (χ0) is 90.6. The second-order valence-corrected chi connectivity index (χ2v) is 30.2. The van der Waals surface area contributed by atoms with E-state index in [1.807, 2.05) is 97.1 Å². The molecule has 19 nitrogen and oxygen atoms in total. The Morgan fingerprint density at radius 1 is 0.411 bits per heavy atom. The minimum atomic E-state index is -4.22. The monoisotopic (exact) mass is 1680 g/mol. The van der Waals surface area contributed by atoms with E-state index in [9.17, 15) is 51.5 Å². The van der Waals surface area contributed by atoms with E-state index in [2.05, 4.69) is 67.2 Å². The van der Waals surface area contributed by atoms with Crippen LogP contribution in [0.2, 0.25) is 0 Å². The molecule has 642 valence electrons. The van der Waals surface area contributed by atoms with Gasteiger partial charge in [-0.1, -0.05) is 152 Å². The van der Waals surface area contributed by atoms with Crippen LogP contribution < -0.4 is 49.4 Å². The highest BCUT2D eigenvalue weighted by molar-refractivity contribution is 6.09. The Hall–Kier alpha value is -14.4. The molecule has 4 unspecified atom stereocenters. The van der Waals surface area contributed by atoms with Crippen molar-refractivity contribution in [3.05, 3.63) is 308 Å². The third-order valence-electron chi connectivity index (χ3n) is 19.7. The number of esters is 8. The van der Waals surface area contributed by atoms with E-state index in [0.717, 1.165) is 83.5 Å². The number of fused-ring (bicyclic) bond motifs is 5. The summed E-state index contributed by atoms with van der Waals surface area (Å²) in [6.45, 7) is 40.6. The Balaban J connectivity index is 0.000000200.